The van der Waals surface area contributed by atoms with Crippen LogP contribution in [0.1, 0.15) is 32.3 Å². The molecule has 1 N–H and O–H groups in total. The number of likely N-dealkylation sites (tertiary alicyclic amines) is 1. The van der Waals surface area contributed by atoms with E-state index in [-0.39, 0.29) is 11.8 Å². The lowest BCUT2D eigenvalue weighted by Crippen LogP contribution is -2.45. The Morgan fingerprint density at radius 1 is 1.26 bits per heavy atom. The SMILES string of the molecule is CC(C)C(=O)NC1CCN(Cc2cccc3c2OCCO3)CC1. The van der Waals surface area contributed by atoms with Gasteiger partial charge in [-0.3, -0.25) is 9.69 Å². The smallest absolute Gasteiger partial charge is 0.222 e. The average molecular weight is 318 g/mol. The summed E-state index contributed by atoms with van der Waals surface area (Å²) >= 11 is 0. The minimum Gasteiger partial charge on any atom is -0.486 e. The molecule has 5 nitrogen and oxygen atoms in total. The van der Waals surface area contributed by atoms with E-state index in [1.165, 1.54) is 5.56 Å². The Morgan fingerprint density at radius 3 is 2.74 bits per heavy atom. The van der Waals surface area contributed by atoms with Crippen molar-refractivity contribution in [2.45, 2.75) is 39.3 Å². The number of amides is 1. The Hall–Kier alpha value is -1.75. The van der Waals surface area contributed by atoms with Crippen LogP contribution in [-0.4, -0.2) is 43.2 Å². The van der Waals surface area contributed by atoms with Crippen LogP contribution in [0, 0.1) is 5.92 Å². The molecule has 0 spiro atoms. The number of ether oxygens (including phenoxy) is 2. The second-order valence-corrected chi connectivity index (χ2v) is 6.66. The number of hydrogen-bond donors (Lipinski definition) is 1. The lowest BCUT2D eigenvalue weighted by atomic mass is 10.0. The number of nitrogens with zero attached hydrogens (tertiary/aromatic N) is 1. The third-order valence-electron chi connectivity index (χ3n) is 4.50. The Kier molecular flexibility index (Phi) is 5.06. The summed E-state index contributed by atoms with van der Waals surface area (Å²) in [6.07, 6.45) is 2.01. The first-order chi connectivity index (χ1) is 11.1. The van der Waals surface area contributed by atoms with Gasteiger partial charge in [-0.2, -0.15) is 0 Å². The number of para-hydroxylation sites is 1. The summed E-state index contributed by atoms with van der Waals surface area (Å²) < 4.78 is 11.4. The molecule has 0 saturated carbocycles. The van der Waals surface area contributed by atoms with Gasteiger partial charge in [0, 0.05) is 37.2 Å². The summed E-state index contributed by atoms with van der Waals surface area (Å²) in [5.74, 6) is 1.97. The lowest BCUT2D eigenvalue weighted by molar-refractivity contribution is -0.125. The summed E-state index contributed by atoms with van der Waals surface area (Å²) in [5, 5.41) is 3.14. The zero-order valence-corrected chi connectivity index (χ0v) is 14.0. The first-order valence-corrected chi connectivity index (χ1v) is 8.53. The second kappa shape index (κ2) is 7.21. The number of hydrogen-bond acceptors (Lipinski definition) is 4. The Bertz CT molecular complexity index is 551. The predicted molar refractivity (Wildman–Crippen MR) is 88.7 cm³/mol. The van der Waals surface area contributed by atoms with Crippen LogP contribution < -0.4 is 14.8 Å². The number of nitrogens with one attached hydrogen (secondary N) is 1. The molecule has 1 aromatic carbocycles. The molecule has 0 bridgehead atoms. The van der Waals surface area contributed by atoms with Gasteiger partial charge in [0.2, 0.25) is 5.91 Å². The molecule has 5 heteroatoms. The fourth-order valence-electron chi connectivity index (χ4n) is 3.10. The second-order valence-electron chi connectivity index (χ2n) is 6.66. The predicted octanol–water partition coefficient (Wildman–Crippen LogP) is 2.19. The number of fused-ring (bicyclic) bond motifs is 1. The third-order valence-corrected chi connectivity index (χ3v) is 4.50. The van der Waals surface area contributed by atoms with Crippen molar-refractivity contribution in [3.05, 3.63) is 23.8 Å². The van der Waals surface area contributed by atoms with Crippen molar-refractivity contribution < 1.29 is 14.3 Å². The molecule has 2 aliphatic heterocycles. The lowest BCUT2D eigenvalue weighted by Gasteiger charge is -2.33. The molecule has 0 aromatic heterocycles. The Balaban J connectivity index is 1.54. The summed E-state index contributed by atoms with van der Waals surface area (Å²) in [5.41, 5.74) is 1.19. The molecule has 0 aliphatic carbocycles. The number of piperidine rings is 1. The fourth-order valence-corrected chi connectivity index (χ4v) is 3.10. The maximum Gasteiger partial charge on any atom is 0.222 e. The van der Waals surface area contributed by atoms with Gasteiger partial charge in [0.1, 0.15) is 13.2 Å². The number of carbonyl (C=O) groups excluding carboxylic acids is 1. The van der Waals surface area contributed by atoms with E-state index in [0.717, 1.165) is 44.0 Å². The largest absolute Gasteiger partial charge is 0.486 e. The van der Waals surface area contributed by atoms with E-state index in [1.807, 2.05) is 26.0 Å². The van der Waals surface area contributed by atoms with Gasteiger partial charge >= 0.3 is 0 Å². The van der Waals surface area contributed by atoms with Crippen molar-refractivity contribution in [3.63, 3.8) is 0 Å². The van der Waals surface area contributed by atoms with Crippen molar-refractivity contribution in [1.82, 2.24) is 10.2 Å². The quantitative estimate of drug-likeness (QED) is 0.924. The van der Waals surface area contributed by atoms with Crippen molar-refractivity contribution in [1.29, 1.82) is 0 Å². The zero-order chi connectivity index (χ0) is 16.2. The molecule has 0 radical (unpaired) electrons. The van der Waals surface area contributed by atoms with Gasteiger partial charge in [0.05, 0.1) is 0 Å². The summed E-state index contributed by atoms with van der Waals surface area (Å²) in [7, 11) is 0. The first kappa shape index (κ1) is 16.1. The molecule has 126 valence electrons. The van der Waals surface area contributed by atoms with Crippen LogP contribution in [-0.2, 0) is 11.3 Å². The van der Waals surface area contributed by atoms with Crippen molar-refractivity contribution >= 4 is 5.91 Å². The fraction of sp³-hybridized carbons (Fsp3) is 0.611. The van der Waals surface area contributed by atoms with E-state index in [4.69, 9.17) is 9.47 Å². The number of carbonyl (C=O) groups is 1. The molecule has 0 atom stereocenters. The molecule has 23 heavy (non-hydrogen) atoms. The molecule has 1 amide bonds. The minimum atomic E-state index is 0.0565. The number of benzene rings is 1. The molecule has 1 fully saturated rings. The molecule has 1 aromatic rings. The Labute approximate surface area is 137 Å². The highest BCUT2D eigenvalue weighted by molar-refractivity contribution is 5.78. The van der Waals surface area contributed by atoms with E-state index in [1.54, 1.807) is 0 Å². The van der Waals surface area contributed by atoms with E-state index in [9.17, 15) is 4.79 Å². The van der Waals surface area contributed by atoms with E-state index < -0.39 is 0 Å². The van der Waals surface area contributed by atoms with Gasteiger partial charge in [-0.05, 0) is 18.9 Å². The zero-order valence-electron chi connectivity index (χ0n) is 14.0. The average Bonchev–Trinajstić information content (AvgIpc) is 2.57. The van der Waals surface area contributed by atoms with E-state index >= 15 is 0 Å². The van der Waals surface area contributed by atoms with Crippen LogP contribution in [0.3, 0.4) is 0 Å². The van der Waals surface area contributed by atoms with Gasteiger partial charge in [0.25, 0.3) is 0 Å². The van der Waals surface area contributed by atoms with Crippen LogP contribution >= 0.6 is 0 Å². The standard InChI is InChI=1S/C18H26N2O3/c1-13(2)18(21)19-15-6-8-20(9-7-15)12-14-4-3-5-16-17(14)23-11-10-22-16/h3-5,13,15H,6-12H2,1-2H3,(H,19,21). The summed E-state index contributed by atoms with van der Waals surface area (Å²) in [4.78, 5) is 14.2. The van der Waals surface area contributed by atoms with Gasteiger partial charge in [0.15, 0.2) is 11.5 Å². The molecular formula is C18H26N2O3. The molecule has 2 heterocycles. The number of rotatable bonds is 4. The van der Waals surface area contributed by atoms with Crippen LogP contribution in [0.25, 0.3) is 0 Å². The normalized spacial score (nSPS) is 18.9. The van der Waals surface area contributed by atoms with Gasteiger partial charge in [-0.25, -0.2) is 0 Å². The van der Waals surface area contributed by atoms with Crippen molar-refractivity contribution in [2.75, 3.05) is 26.3 Å². The summed E-state index contributed by atoms with van der Waals surface area (Å²) in [6.45, 7) is 7.97. The highest BCUT2D eigenvalue weighted by Gasteiger charge is 2.23. The molecule has 3 rings (SSSR count). The van der Waals surface area contributed by atoms with Crippen LogP contribution in [0.5, 0.6) is 11.5 Å². The van der Waals surface area contributed by atoms with E-state index in [0.29, 0.717) is 19.3 Å². The molecular weight excluding hydrogens is 292 g/mol. The maximum absolute atomic E-state index is 11.8. The van der Waals surface area contributed by atoms with Gasteiger partial charge < -0.3 is 14.8 Å². The van der Waals surface area contributed by atoms with Crippen molar-refractivity contribution in [2.24, 2.45) is 5.92 Å². The maximum atomic E-state index is 11.8. The van der Waals surface area contributed by atoms with Gasteiger partial charge in [-0.15, -0.1) is 0 Å². The first-order valence-electron chi connectivity index (χ1n) is 8.53. The topological polar surface area (TPSA) is 50.8 Å². The molecule has 1 saturated heterocycles. The highest BCUT2D eigenvalue weighted by Crippen LogP contribution is 2.34. The van der Waals surface area contributed by atoms with Crippen LogP contribution in [0.2, 0.25) is 0 Å². The monoisotopic (exact) mass is 318 g/mol. The van der Waals surface area contributed by atoms with Gasteiger partial charge in [-0.1, -0.05) is 26.0 Å². The molecule has 2 aliphatic rings. The highest BCUT2D eigenvalue weighted by atomic mass is 16.6. The third kappa shape index (κ3) is 3.96. The van der Waals surface area contributed by atoms with Crippen molar-refractivity contribution in [3.8, 4) is 11.5 Å². The molecule has 0 unspecified atom stereocenters. The van der Waals surface area contributed by atoms with Crippen LogP contribution in [0.15, 0.2) is 18.2 Å². The Morgan fingerprint density at radius 2 is 2.00 bits per heavy atom. The summed E-state index contributed by atoms with van der Waals surface area (Å²) in [6, 6.07) is 6.41. The minimum absolute atomic E-state index is 0.0565. The van der Waals surface area contributed by atoms with Crippen LogP contribution in [0.4, 0.5) is 0 Å². The van der Waals surface area contributed by atoms with E-state index in [2.05, 4.69) is 16.3 Å².